The lowest BCUT2D eigenvalue weighted by molar-refractivity contribution is -0.139. The smallest absolute Gasteiger partial charge is 0.327 e. The summed E-state index contributed by atoms with van der Waals surface area (Å²) in [5, 5.41) is 3.58. The molecular weight excluding hydrogens is 366 g/mol. The molecule has 1 aromatic rings. The largest absolute Gasteiger partial charge is 0.343 e. The fraction of sp³-hybridized carbons (Fsp3) is 0.636. The molecule has 3 fully saturated rings. The molecule has 3 saturated heterocycles. The lowest BCUT2D eigenvalue weighted by Crippen LogP contribution is -2.66. The van der Waals surface area contributed by atoms with Gasteiger partial charge in [0.25, 0.3) is 5.91 Å². The molecule has 4 unspecified atom stereocenters. The van der Waals surface area contributed by atoms with Crippen molar-refractivity contribution in [3.05, 3.63) is 29.8 Å². The molecule has 0 aromatic heterocycles. The van der Waals surface area contributed by atoms with Crippen LogP contribution in [-0.2, 0) is 4.79 Å². The minimum absolute atomic E-state index is 0.0632. The van der Waals surface area contributed by atoms with Crippen LogP contribution in [0.4, 0.5) is 10.5 Å². The number of anilines is 1. The summed E-state index contributed by atoms with van der Waals surface area (Å²) >= 11 is 0. The maximum Gasteiger partial charge on any atom is 0.327 e. The molecule has 1 N–H and O–H groups in total. The number of likely N-dealkylation sites (N-methyl/N-ethyl adjacent to an activating group) is 1. The predicted molar refractivity (Wildman–Crippen MR) is 113 cm³/mol. The maximum absolute atomic E-state index is 13.4. The maximum atomic E-state index is 13.4. The first-order valence-electron chi connectivity index (χ1n) is 10.7. The molecule has 4 atom stereocenters. The van der Waals surface area contributed by atoms with E-state index in [0.29, 0.717) is 18.4 Å². The molecule has 3 aliphatic heterocycles. The topological polar surface area (TPSA) is 59.1 Å². The summed E-state index contributed by atoms with van der Waals surface area (Å²) in [6.45, 7) is 10.8. The molecule has 0 radical (unpaired) electrons. The van der Waals surface area contributed by atoms with Crippen LogP contribution in [-0.4, -0.2) is 71.8 Å². The van der Waals surface area contributed by atoms with Gasteiger partial charge in [0, 0.05) is 32.4 Å². The molecule has 0 bridgehead atoms. The van der Waals surface area contributed by atoms with E-state index in [0.717, 1.165) is 25.2 Å². The summed E-state index contributed by atoms with van der Waals surface area (Å²) in [5.41, 5.74) is 2.37. The van der Waals surface area contributed by atoms with E-state index in [9.17, 15) is 9.59 Å². The zero-order chi connectivity index (χ0) is 20.9. The lowest BCUT2D eigenvalue weighted by atomic mass is 10.0. The minimum atomic E-state index is -0.342. The first-order chi connectivity index (χ1) is 13.8. The molecule has 4 rings (SSSR count). The van der Waals surface area contributed by atoms with Gasteiger partial charge in [-0.05, 0) is 37.3 Å². The van der Waals surface area contributed by atoms with Crippen molar-refractivity contribution >= 4 is 17.6 Å². The van der Waals surface area contributed by atoms with Crippen LogP contribution in [0.15, 0.2) is 24.3 Å². The minimum Gasteiger partial charge on any atom is -0.343 e. The van der Waals surface area contributed by atoms with Crippen molar-refractivity contribution in [1.82, 2.24) is 20.0 Å². The third-order valence-corrected chi connectivity index (χ3v) is 6.38. The number of nitrogens with zero attached hydrogens (tertiary/aromatic N) is 4. The number of aryl methyl sites for hydroxylation is 1. The van der Waals surface area contributed by atoms with Gasteiger partial charge in [-0.2, -0.15) is 0 Å². The van der Waals surface area contributed by atoms with Crippen LogP contribution in [0.3, 0.4) is 0 Å². The molecule has 3 amide bonds. The number of benzene rings is 1. The number of fused-ring (bicyclic) bond motifs is 3. The second-order valence-electron chi connectivity index (χ2n) is 9.29. The number of hydrogen-bond acceptors (Lipinski definition) is 5. The average molecular weight is 400 g/mol. The van der Waals surface area contributed by atoms with Crippen LogP contribution < -0.4 is 10.2 Å². The molecule has 7 heteroatoms. The van der Waals surface area contributed by atoms with Crippen LogP contribution in [0.5, 0.6) is 0 Å². The van der Waals surface area contributed by atoms with Crippen LogP contribution >= 0.6 is 0 Å². The number of nitrogens with one attached hydrogen (secondary N) is 1. The molecule has 1 aromatic carbocycles. The molecule has 0 aliphatic carbocycles. The molecule has 7 nitrogen and oxygen atoms in total. The van der Waals surface area contributed by atoms with Crippen molar-refractivity contribution in [2.24, 2.45) is 11.8 Å². The lowest BCUT2D eigenvalue weighted by Gasteiger charge is -2.46. The van der Waals surface area contributed by atoms with E-state index in [1.54, 1.807) is 11.9 Å². The van der Waals surface area contributed by atoms with E-state index < -0.39 is 0 Å². The Morgan fingerprint density at radius 3 is 2.48 bits per heavy atom. The second-order valence-corrected chi connectivity index (χ2v) is 9.29. The Bertz CT molecular complexity index is 780. The van der Waals surface area contributed by atoms with Crippen LogP contribution in [0.2, 0.25) is 0 Å². The number of carbonyl (C=O) groups excluding carboxylic acids is 2. The van der Waals surface area contributed by atoms with Crippen molar-refractivity contribution in [3.8, 4) is 0 Å². The number of carbonyl (C=O) groups is 2. The zero-order valence-corrected chi connectivity index (χ0v) is 18.1. The van der Waals surface area contributed by atoms with Gasteiger partial charge in [0.15, 0.2) is 0 Å². The van der Waals surface area contributed by atoms with Gasteiger partial charge in [-0.15, -0.1) is 0 Å². The summed E-state index contributed by atoms with van der Waals surface area (Å²) in [6, 6.07) is 7.98. The third kappa shape index (κ3) is 3.51. The first-order valence-corrected chi connectivity index (χ1v) is 10.7. The summed E-state index contributed by atoms with van der Waals surface area (Å²) in [7, 11) is 1.81. The molecule has 29 heavy (non-hydrogen) atoms. The molecule has 158 valence electrons. The van der Waals surface area contributed by atoms with Crippen molar-refractivity contribution in [1.29, 1.82) is 0 Å². The second kappa shape index (κ2) is 7.61. The number of urea groups is 1. The van der Waals surface area contributed by atoms with Gasteiger partial charge in [-0.1, -0.05) is 38.5 Å². The average Bonchev–Trinajstić information content (AvgIpc) is 3.05. The molecular formula is C22H33N5O2. The van der Waals surface area contributed by atoms with Crippen LogP contribution in [0.25, 0.3) is 0 Å². The molecule has 0 spiro atoms. The third-order valence-electron chi connectivity index (χ3n) is 6.38. The number of imide groups is 1. The Labute approximate surface area is 173 Å². The molecule has 0 saturated carbocycles. The molecule has 3 aliphatic rings. The summed E-state index contributed by atoms with van der Waals surface area (Å²) < 4.78 is 0. The highest BCUT2D eigenvalue weighted by molar-refractivity contribution is 6.00. The summed E-state index contributed by atoms with van der Waals surface area (Å²) in [4.78, 5) is 34.1. The number of hydrogen-bond donors (Lipinski definition) is 1. The predicted octanol–water partition coefficient (Wildman–Crippen LogP) is 2.27. The Hall–Kier alpha value is -2.12. The monoisotopic (exact) mass is 399 g/mol. The van der Waals surface area contributed by atoms with E-state index in [1.165, 1.54) is 10.5 Å². The van der Waals surface area contributed by atoms with Crippen molar-refractivity contribution in [2.45, 2.75) is 52.6 Å². The van der Waals surface area contributed by atoms with E-state index in [4.69, 9.17) is 0 Å². The standard InChI is InChI=1S/C22H33N5O2/c1-14(2)10-11-25-20(28)18-19(24(5)22(25)29)23-21-26(12-16(4)13-27(18)21)17-8-6-15(3)7-9-17/h6-9,14,16,18-19,21,23H,10-13H2,1-5H3. The fourth-order valence-electron chi connectivity index (χ4n) is 4.75. The Morgan fingerprint density at radius 1 is 1.14 bits per heavy atom. The van der Waals surface area contributed by atoms with E-state index in [-0.39, 0.29) is 30.4 Å². The van der Waals surface area contributed by atoms with Gasteiger partial charge in [0.1, 0.15) is 18.5 Å². The highest BCUT2D eigenvalue weighted by Crippen LogP contribution is 2.34. The van der Waals surface area contributed by atoms with Gasteiger partial charge in [-0.25, -0.2) is 4.79 Å². The van der Waals surface area contributed by atoms with Gasteiger partial charge in [-0.3, -0.25) is 19.9 Å². The van der Waals surface area contributed by atoms with Crippen molar-refractivity contribution < 1.29 is 9.59 Å². The number of rotatable bonds is 4. The van der Waals surface area contributed by atoms with E-state index in [1.807, 2.05) is 0 Å². The van der Waals surface area contributed by atoms with E-state index in [2.05, 4.69) is 67.1 Å². The van der Waals surface area contributed by atoms with Gasteiger partial charge in [0.05, 0.1) is 0 Å². The van der Waals surface area contributed by atoms with Gasteiger partial charge in [0.2, 0.25) is 0 Å². The Balaban J connectivity index is 1.63. The summed E-state index contributed by atoms with van der Waals surface area (Å²) in [6.07, 6.45) is 0.438. The van der Waals surface area contributed by atoms with Crippen LogP contribution in [0, 0.1) is 18.8 Å². The quantitative estimate of drug-likeness (QED) is 0.842. The SMILES string of the molecule is Cc1ccc(N2CC(C)CN3C4C(=O)N(CCC(C)C)C(=O)N(C)C4NC23)cc1. The van der Waals surface area contributed by atoms with Gasteiger partial charge >= 0.3 is 6.03 Å². The molecule has 3 heterocycles. The highest BCUT2D eigenvalue weighted by Gasteiger charge is 2.56. The van der Waals surface area contributed by atoms with Crippen molar-refractivity contribution in [2.75, 3.05) is 31.6 Å². The Morgan fingerprint density at radius 2 is 1.83 bits per heavy atom. The number of amides is 3. The van der Waals surface area contributed by atoms with E-state index >= 15 is 0 Å². The van der Waals surface area contributed by atoms with Crippen molar-refractivity contribution in [3.63, 3.8) is 0 Å². The normalized spacial score (nSPS) is 30.2. The Kier molecular flexibility index (Phi) is 5.29. The highest BCUT2D eigenvalue weighted by atomic mass is 16.2. The fourth-order valence-corrected chi connectivity index (χ4v) is 4.75. The zero-order valence-electron chi connectivity index (χ0n) is 18.1. The van der Waals surface area contributed by atoms with Gasteiger partial charge < -0.3 is 9.80 Å². The summed E-state index contributed by atoms with van der Waals surface area (Å²) in [5.74, 6) is 0.805. The first kappa shape index (κ1) is 20.2. The van der Waals surface area contributed by atoms with Crippen LogP contribution in [0.1, 0.15) is 32.8 Å².